The number of hydrogen-bond acceptors (Lipinski definition) is 2. The molecule has 0 saturated carbocycles. The van der Waals surface area contributed by atoms with Crippen LogP contribution in [0.5, 0.6) is 0 Å². The van der Waals surface area contributed by atoms with Crippen LogP contribution in [0.3, 0.4) is 0 Å². The first-order chi connectivity index (χ1) is 9.02. The Bertz CT molecular complexity index is 558. The minimum atomic E-state index is -0.0391. The molecular formula is C15H16BrClN2. The standard InChI is InChI=1S/C15H16BrClN2/c1-9-7-12(8-10(2)14(9)16)15(19-18)11-3-5-13(17)6-4-11/h3-8,15,19H,18H2,1-2H3. The molecule has 0 spiro atoms. The smallest absolute Gasteiger partial charge is 0.0710 e. The lowest BCUT2D eigenvalue weighted by atomic mass is 9.96. The molecule has 0 fully saturated rings. The number of halogens is 2. The Morgan fingerprint density at radius 1 is 1.05 bits per heavy atom. The summed E-state index contributed by atoms with van der Waals surface area (Å²) in [4.78, 5) is 0. The molecular weight excluding hydrogens is 324 g/mol. The van der Waals surface area contributed by atoms with Crippen molar-refractivity contribution in [1.82, 2.24) is 5.43 Å². The Balaban J connectivity index is 2.45. The zero-order valence-corrected chi connectivity index (χ0v) is 13.2. The van der Waals surface area contributed by atoms with Gasteiger partial charge in [-0.25, -0.2) is 5.43 Å². The first-order valence-electron chi connectivity index (χ1n) is 6.01. The molecule has 0 aliphatic rings. The van der Waals surface area contributed by atoms with Gasteiger partial charge in [0, 0.05) is 9.50 Å². The lowest BCUT2D eigenvalue weighted by Crippen LogP contribution is -2.29. The normalized spacial score (nSPS) is 12.5. The van der Waals surface area contributed by atoms with E-state index in [0.717, 1.165) is 20.6 Å². The van der Waals surface area contributed by atoms with E-state index in [-0.39, 0.29) is 6.04 Å². The SMILES string of the molecule is Cc1cc(C(NN)c2ccc(Cl)cc2)cc(C)c1Br. The summed E-state index contributed by atoms with van der Waals surface area (Å²) in [5.74, 6) is 5.72. The second kappa shape index (κ2) is 6.06. The molecule has 2 rings (SSSR count). The summed E-state index contributed by atoms with van der Waals surface area (Å²) < 4.78 is 1.14. The van der Waals surface area contributed by atoms with Crippen LogP contribution in [0.4, 0.5) is 0 Å². The maximum atomic E-state index is 5.92. The van der Waals surface area contributed by atoms with Gasteiger partial charge >= 0.3 is 0 Å². The summed E-state index contributed by atoms with van der Waals surface area (Å²) in [6.07, 6.45) is 0. The monoisotopic (exact) mass is 338 g/mol. The number of aryl methyl sites for hydroxylation is 2. The van der Waals surface area contributed by atoms with Gasteiger partial charge < -0.3 is 0 Å². The summed E-state index contributed by atoms with van der Waals surface area (Å²) in [5.41, 5.74) is 7.50. The Morgan fingerprint density at radius 3 is 2.05 bits per heavy atom. The first kappa shape index (κ1) is 14.5. The molecule has 0 aliphatic heterocycles. The van der Waals surface area contributed by atoms with Crippen molar-refractivity contribution < 1.29 is 0 Å². The number of benzene rings is 2. The zero-order chi connectivity index (χ0) is 14.0. The van der Waals surface area contributed by atoms with E-state index in [1.165, 1.54) is 11.1 Å². The number of hydrazine groups is 1. The summed E-state index contributed by atoms with van der Waals surface area (Å²) in [6, 6.07) is 12.0. The second-order valence-corrected chi connectivity index (χ2v) is 5.85. The molecule has 100 valence electrons. The minimum Gasteiger partial charge on any atom is -0.271 e. The van der Waals surface area contributed by atoms with Crippen LogP contribution in [0.2, 0.25) is 5.02 Å². The highest BCUT2D eigenvalue weighted by Crippen LogP contribution is 2.29. The van der Waals surface area contributed by atoms with Crippen molar-refractivity contribution in [3.05, 3.63) is 68.1 Å². The van der Waals surface area contributed by atoms with Crippen molar-refractivity contribution in [3.8, 4) is 0 Å². The van der Waals surface area contributed by atoms with Gasteiger partial charge in [0.2, 0.25) is 0 Å². The highest BCUT2D eigenvalue weighted by molar-refractivity contribution is 9.10. The van der Waals surface area contributed by atoms with Crippen LogP contribution in [0.15, 0.2) is 40.9 Å². The third kappa shape index (κ3) is 3.18. The second-order valence-electron chi connectivity index (χ2n) is 4.62. The molecule has 0 saturated heterocycles. The highest BCUT2D eigenvalue weighted by atomic mass is 79.9. The number of nitrogens with one attached hydrogen (secondary N) is 1. The lowest BCUT2D eigenvalue weighted by Gasteiger charge is -2.19. The molecule has 2 aromatic carbocycles. The molecule has 3 N–H and O–H groups in total. The topological polar surface area (TPSA) is 38.0 Å². The predicted molar refractivity (Wildman–Crippen MR) is 84.2 cm³/mol. The fourth-order valence-electron chi connectivity index (χ4n) is 2.19. The summed E-state index contributed by atoms with van der Waals surface area (Å²) in [5, 5.41) is 0.725. The molecule has 0 aromatic heterocycles. The van der Waals surface area contributed by atoms with Gasteiger partial charge in [-0.05, 0) is 48.2 Å². The van der Waals surface area contributed by atoms with Gasteiger partial charge in [0.1, 0.15) is 0 Å². The van der Waals surface area contributed by atoms with Crippen LogP contribution in [0.25, 0.3) is 0 Å². The molecule has 2 aromatic rings. The molecule has 19 heavy (non-hydrogen) atoms. The minimum absolute atomic E-state index is 0.0391. The van der Waals surface area contributed by atoms with E-state index in [0.29, 0.717) is 0 Å². The number of hydrogen-bond donors (Lipinski definition) is 2. The Kier molecular flexibility index (Phi) is 4.63. The Hall–Kier alpha value is -0.870. The van der Waals surface area contributed by atoms with E-state index in [2.05, 4.69) is 47.3 Å². The summed E-state index contributed by atoms with van der Waals surface area (Å²) in [6.45, 7) is 4.16. The van der Waals surface area contributed by atoms with Crippen molar-refractivity contribution in [1.29, 1.82) is 0 Å². The summed E-state index contributed by atoms with van der Waals surface area (Å²) >= 11 is 9.50. The van der Waals surface area contributed by atoms with Crippen LogP contribution >= 0.6 is 27.5 Å². The molecule has 1 unspecified atom stereocenters. The lowest BCUT2D eigenvalue weighted by molar-refractivity contribution is 0.636. The van der Waals surface area contributed by atoms with E-state index >= 15 is 0 Å². The van der Waals surface area contributed by atoms with Crippen LogP contribution in [0, 0.1) is 13.8 Å². The van der Waals surface area contributed by atoms with E-state index < -0.39 is 0 Å². The maximum Gasteiger partial charge on any atom is 0.0710 e. The zero-order valence-electron chi connectivity index (χ0n) is 10.9. The molecule has 0 aliphatic carbocycles. The van der Waals surface area contributed by atoms with Gasteiger partial charge in [-0.15, -0.1) is 0 Å². The number of nitrogens with two attached hydrogens (primary N) is 1. The van der Waals surface area contributed by atoms with Crippen molar-refractivity contribution in [2.45, 2.75) is 19.9 Å². The fraction of sp³-hybridized carbons (Fsp3) is 0.200. The predicted octanol–water partition coefficient (Wildman–Crippen LogP) is 4.27. The van der Waals surface area contributed by atoms with Gasteiger partial charge in [0.25, 0.3) is 0 Å². The maximum absolute atomic E-state index is 5.92. The molecule has 2 nitrogen and oxygen atoms in total. The van der Waals surface area contributed by atoms with E-state index in [1.807, 2.05) is 24.3 Å². The van der Waals surface area contributed by atoms with Gasteiger partial charge in [-0.1, -0.05) is 51.8 Å². The highest BCUT2D eigenvalue weighted by Gasteiger charge is 2.14. The van der Waals surface area contributed by atoms with Crippen molar-refractivity contribution in [3.63, 3.8) is 0 Å². The van der Waals surface area contributed by atoms with Gasteiger partial charge in [-0.3, -0.25) is 5.84 Å². The van der Waals surface area contributed by atoms with Crippen LogP contribution in [0.1, 0.15) is 28.3 Å². The average molecular weight is 340 g/mol. The van der Waals surface area contributed by atoms with Gasteiger partial charge in [0.15, 0.2) is 0 Å². The van der Waals surface area contributed by atoms with Crippen molar-refractivity contribution in [2.75, 3.05) is 0 Å². The van der Waals surface area contributed by atoms with Crippen LogP contribution in [-0.4, -0.2) is 0 Å². The fourth-order valence-corrected chi connectivity index (χ4v) is 2.54. The third-order valence-electron chi connectivity index (χ3n) is 3.16. The average Bonchev–Trinajstić information content (AvgIpc) is 2.39. The van der Waals surface area contributed by atoms with E-state index in [9.17, 15) is 0 Å². The molecule has 0 bridgehead atoms. The van der Waals surface area contributed by atoms with Crippen LogP contribution in [-0.2, 0) is 0 Å². The Labute approximate surface area is 127 Å². The summed E-state index contributed by atoms with van der Waals surface area (Å²) in [7, 11) is 0. The molecule has 0 radical (unpaired) electrons. The number of rotatable bonds is 3. The van der Waals surface area contributed by atoms with Crippen molar-refractivity contribution in [2.24, 2.45) is 5.84 Å². The molecule has 4 heteroatoms. The van der Waals surface area contributed by atoms with Crippen molar-refractivity contribution >= 4 is 27.5 Å². The van der Waals surface area contributed by atoms with Crippen LogP contribution < -0.4 is 11.3 Å². The van der Waals surface area contributed by atoms with E-state index in [1.54, 1.807) is 0 Å². The largest absolute Gasteiger partial charge is 0.271 e. The molecule has 0 heterocycles. The third-order valence-corrected chi connectivity index (χ3v) is 4.66. The quantitative estimate of drug-likeness (QED) is 0.647. The Morgan fingerprint density at radius 2 is 1.58 bits per heavy atom. The molecule has 1 atom stereocenters. The van der Waals surface area contributed by atoms with E-state index in [4.69, 9.17) is 17.4 Å². The molecule has 0 amide bonds. The van der Waals surface area contributed by atoms with Gasteiger partial charge in [0.05, 0.1) is 6.04 Å². The first-order valence-corrected chi connectivity index (χ1v) is 7.18. The van der Waals surface area contributed by atoms with Gasteiger partial charge in [-0.2, -0.15) is 0 Å².